The van der Waals surface area contributed by atoms with E-state index in [9.17, 15) is 15.0 Å². The van der Waals surface area contributed by atoms with Crippen molar-refractivity contribution in [1.82, 2.24) is 0 Å². The molecule has 0 spiro atoms. The molecular weight excluding hydrogens is 300 g/mol. The first-order valence-electron chi connectivity index (χ1n) is 7.73. The molecule has 3 aromatic rings. The van der Waals surface area contributed by atoms with Gasteiger partial charge in [-0.1, -0.05) is 48.5 Å². The van der Waals surface area contributed by atoms with E-state index in [4.69, 9.17) is 0 Å². The summed E-state index contributed by atoms with van der Waals surface area (Å²) in [5.74, 6) is 0.421. The summed E-state index contributed by atoms with van der Waals surface area (Å²) in [6, 6.07) is 21.7. The summed E-state index contributed by atoms with van der Waals surface area (Å²) in [4.78, 5) is 11.5. The summed E-state index contributed by atoms with van der Waals surface area (Å²) in [7, 11) is 0. The van der Waals surface area contributed by atoms with E-state index in [2.05, 4.69) is 0 Å². The maximum absolute atomic E-state index is 11.5. The van der Waals surface area contributed by atoms with Crippen molar-refractivity contribution in [3.8, 4) is 11.5 Å². The van der Waals surface area contributed by atoms with Crippen LogP contribution in [0.5, 0.6) is 11.5 Å². The zero-order chi connectivity index (χ0) is 17.1. The van der Waals surface area contributed by atoms with Gasteiger partial charge in [0.25, 0.3) is 0 Å². The number of aromatic hydroxyl groups is 2. The van der Waals surface area contributed by atoms with Gasteiger partial charge in [-0.25, -0.2) is 0 Å². The maximum atomic E-state index is 11.5. The summed E-state index contributed by atoms with van der Waals surface area (Å²) in [6.07, 6.45) is 0. The lowest BCUT2D eigenvalue weighted by Crippen LogP contribution is -2.04. The summed E-state index contributed by atoms with van der Waals surface area (Å²) in [5, 5.41) is 19.1. The smallest absolute Gasteiger partial charge is 0.159 e. The average Bonchev–Trinajstić information content (AvgIpc) is 2.59. The number of benzene rings is 3. The molecule has 0 atom stereocenters. The molecule has 0 aliphatic carbocycles. The monoisotopic (exact) mass is 318 g/mol. The molecule has 24 heavy (non-hydrogen) atoms. The van der Waals surface area contributed by atoms with Crippen molar-refractivity contribution in [2.45, 2.75) is 12.8 Å². The van der Waals surface area contributed by atoms with Gasteiger partial charge < -0.3 is 10.2 Å². The first-order valence-corrected chi connectivity index (χ1v) is 7.73. The van der Waals surface area contributed by atoms with Crippen molar-refractivity contribution in [2.75, 3.05) is 0 Å². The molecule has 3 heteroatoms. The molecule has 0 unspecified atom stereocenters. The molecule has 0 saturated heterocycles. The van der Waals surface area contributed by atoms with Crippen LogP contribution in [0.3, 0.4) is 0 Å². The number of phenols is 2. The summed E-state index contributed by atoms with van der Waals surface area (Å²) >= 11 is 0. The minimum absolute atomic E-state index is 0.0346. The third-order valence-electron chi connectivity index (χ3n) is 4.10. The van der Waals surface area contributed by atoms with Crippen LogP contribution in [0.15, 0.2) is 72.8 Å². The Bertz CT molecular complexity index is 786. The minimum Gasteiger partial charge on any atom is -0.508 e. The number of hydrogen-bond acceptors (Lipinski definition) is 3. The molecule has 0 fully saturated rings. The van der Waals surface area contributed by atoms with Crippen molar-refractivity contribution in [2.24, 2.45) is 0 Å². The van der Waals surface area contributed by atoms with Crippen molar-refractivity contribution < 1.29 is 15.0 Å². The Hall–Kier alpha value is -3.07. The van der Waals surface area contributed by atoms with E-state index in [0.717, 1.165) is 16.7 Å². The van der Waals surface area contributed by atoms with Gasteiger partial charge in [-0.15, -0.1) is 0 Å². The highest BCUT2D eigenvalue weighted by molar-refractivity contribution is 5.94. The fourth-order valence-corrected chi connectivity index (χ4v) is 2.82. The second-order valence-electron chi connectivity index (χ2n) is 5.79. The van der Waals surface area contributed by atoms with E-state index in [-0.39, 0.29) is 23.2 Å². The number of Topliss-reactive ketones (excluding diaryl/α,β-unsaturated/α-hetero) is 1. The van der Waals surface area contributed by atoms with Crippen LogP contribution in [-0.4, -0.2) is 16.0 Å². The van der Waals surface area contributed by atoms with Crippen LogP contribution in [0, 0.1) is 0 Å². The fraction of sp³-hybridized carbons (Fsp3) is 0.0952. The van der Waals surface area contributed by atoms with Gasteiger partial charge in [0, 0.05) is 11.5 Å². The number of carbonyl (C=O) groups is 1. The second kappa shape index (κ2) is 6.59. The van der Waals surface area contributed by atoms with Crippen LogP contribution in [-0.2, 0) is 0 Å². The Labute approximate surface area is 140 Å². The van der Waals surface area contributed by atoms with Crippen molar-refractivity contribution >= 4 is 5.78 Å². The van der Waals surface area contributed by atoms with Crippen LogP contribution in [0.25, 0.3) is 0 Å². The van der Waals surface area contributed by atoms with Crippen molar-refractivity contribution in [3.63, 3.8) is 0 Å². The van der Waals surface area contributed by atoms with Gasteiger partial charge in [-0.05, 0) is 47.9 Å². The van der Waals surface area contributed by atoms with Gasteiger partial charge in [0.1, 0.15) is 11.5 Å². The first kappa shape index (κ1) is 15.8. The lowest BCUT2D eigenvalue weighted by Gasteiger charge is -2.19. The molecule has 0 saturated carbocycles. The quantitative estimate of drug-likeness (QED) is 0.551. The van der Waals surface area contributed by atoms with E-state index in [0.29, 0.717) is 5.56 Å². The Morgan fingerprint density at radius 1 is 0.667 bits per heavy atom. The third kappa shape index (κ3) is 3.30. The Balaban J connectivity index is 2.08. The van der Waals surface area contributed by atoms with Gasteiger partial charge >= 0.3 is 0 Å². The highest BCUT2D eigenvalue weighted by atomic mass is 16.3. The zero-order valence-corrected chi connectivity index (χ0v) is 13.3. The zero-order valence-electron chi connectivity index (χ0n) is 13.3. The molecule has 2 N–H and O–H groups in total. The summed E-state index contributed by atoms with van der Waals surface area (Å²) in [6.45, 7) is 1.55. The fourth-order valence-electron chi connectivity index (χ4n) is 2.82. The van der Waals surface area contributed by atoms with Crippen molar-refractivity contribution in [1.29, 1.82) is 0 Å². The van der Waals surface area contributed by atoms with Gasteiger partial charge in [-0.3, -0.25) is 4.79 Å². The van der Waals surface area contributed by atoms with E-state index >= 15 is 0 Å². The van der Waals surface area contributed by atoms with E-state index in [1.807, 2.05) is 48.5 Å². The molecule has 0 amide bonds. The van der Waals surface area contributed by atoms with E-state index < -0.39 is 0 Å². The Morgan fingerprint density at radius 2 is 1.00 bits per heavy atom. The lowest BCUT2D eigenvalue weighted by molar-refractivity contribution is 0.101. The van der Waals surface area contributed by atoms with Crippen LogP contribution >= 0.6 is 0 Å². The van der Waals surface area contributed by atoms with Crippen LogP contribution in [0.4, 0.5) is 0 Å². The standard InChI is InChI=1S/C21H18O3/c1-14(22)15-2-4-16(5-3-15)21(17-6-10-19(23)11-7-17)18-8-12-20(24)13-9-18/h2-13,21,23-24H,1H3. The molecule has 3 nitrogen and oxygen atoms in total. The van der Waals surface area contributed by atoms with E-state index in [1.54, 1.807) is 31.2 Å². The molecule has 0 aromatic heterocycles. The molecule has 0 aliphatic rings. The highest BCUT2D eigenvalue weighted by Crippen LogP contribution is 2.33. The van der Waals surface area contributed by atoms with Gasteiger partial charge in [0.15, 0.2) is 5.78 Å². The van der Waals surface area contributed by atoms with Gasteiger partial charge in [0.05, 0.1) is 0 Å². The lowest BCUT2D eigenvalue weighted by atomic mass is 9.84. The summed E-state index contributed by atoms with van der Waals surface area (Å²) < 4.78 is 0. The highest BCUT2D eigenvalue weighted by Gasteiger charge is 2.17. The average molecular weight is 318 g/mol. The topological polar surface area (TPSA) is 57.5 Å². The molecule has 120 valence electrons. The third-order valence-corrected chi connectivity index (χ3v) is 4.10. The number of rotatable bonds is 4. The number of ketones is 1. The largest absolute Gasteiger partial charge is 0.508 e. The minimum atomic E-state index is -0.0489. The van der Waals surface area contributed by atoms with Crippen molar-refractivity contribution in [3.05, 3.63) is 95.1 Å². The molecule has 0 aliphatic heterocycles. The number of carbonyl (C=O) groups excluding carboxylic acids is 1. The number of phenolic OH excluding ortho intramolecular Hbond substituents is 2. The predicted molar refractivity (Wildman–Crippen MR) is 93.6 cm³/mol. The predicted octanol–water partition coefficient (Wildman–Crippen LogP) is 4.48. The van der Waals surface area contributed by atoms with Gasteiger partial charge in [0.2, 0.25) is 0 Å². The SMILES string of the molecule is CC(=O)c1ccc(C(c2ccc(O)cc2)c2ccc(O)cc2)cc1. The van der Waals surface area contributed by atoms with Crippen LogP contribution < -0.4 is 0 Å². The van der Waals surface area contributed by atoms with Gasteiger partial charge in [-0.2, -0.15) is 0 Å². The molecule has 0 radical (unpaired) electrons. The Morgan fingerprint density at radius 3 is 1.33 bits per heavy atom. The molecule has 0 bridgehead atoms. The molecule has 0 heterocycles. The first-order chi connectivity index (χ1) is 11.5. The normalized spacial score (nSPS) is 10.8. The van der Waals surface area contributed by atoms with Crippen LogP contribution in [0.2, 0.25) is 0 Å². The van der Waals surface area contributed by atoms with E-state index in [1.165, 1.54) is 0 Å². The molecular formula is C21H18O3. The summed E-state index contributed by atoms with van der Waals surface area (Å²) in [5.41, 5.74) is 3.76. The maximum Gasteiger partial charge on any atom is 0.159 e. The molecule has 3 aromatic carbocycles. The van der Waals surface area contributed by atoms with Crippen LogP contribution in [0.1, 0.15) is 39.9 Å². The molecule has 3 rings (SSSR count). The second-order valence-corrected chi connectivity index (χ2v) is 5.79. The Kier molecular flexibility index (Phi) is 4.34. The number of hydrogen-bond donors (Lipinski definition) is 2.